The molecule has 0 spiro atoms. The number of fused-ring (bicyclic) bond motifs is 1. The standard InChI is InChI=1S/C26H30N4O2/c1-19-17-25(23-5-3-4-6-24(23)28-19)29-26(31)27-13-16-30-14-11-21(12-15-30)18-20-7-9-22(32-2)10-8-20/h3-10,17-18H,11-16H2,1-2H3,(H2,27,28,29,31). The maximum Gasteiger partial charge on any atom is 0.319 e. The van der Waals surface area contributed by atoms with Crippen LogP contribution in [0.5, 0.6) is 5.75 Å². The van der Waals surface area contributed by atoms with Crippen LogP contribution in [-0.4, -0.2) is 49.2 Å². The predicted octanol–water partition coefficient (Wildman–Crippen LogP) is 4.85. The van der Waals surface area contributed by atoms with Crippen molar-refractivity contribution in [2.24, 2.45) is 0 Å². The Morgan fingerprint density at radius 3 is 2.62 bits per heavy atom. The van der Waals surface area contributed by atoms with E-state index in [9.17, 15) is 4.79 Å². The zero-order valence-electron chi connectivity index (χ0n) is 18.7. The van der Waals surface area contributed by atoms with Gasteiger partial charge >= 0.3 is 6.03 Å². The van der Waals surface area contributed by atoms with Crippen LogP contribution in [0.15, 0.2) is 60.2 Å². The summed E-state index contributed by atoms with van der Waals surface area (Å²) < 4.78 is 5.22. The molecule has 2 N–H and O–H groups in total. The van der Waals surface area contributed by atoms with Crippen molar-refractivity contribution >= 4 is 28.7 Å². The lowest BCUT2D eigenvalue weighted by Gasteiger charge is -2.28. The molecule has 4 rings (SSSR count). The molecule has 1 aromatic heterocycles. The maximum absolute atomic E-state index is 12.4. The van der Waals surface area contributed by atoms with Crippen molar-refractivity contribution in [2.45, 2.75) is 19.8 Å². The number of nitrogens with one attached hydrogen (secondary N) is 2. The summed E-state index contributed by atoms with van der Waals surface area (Å²) in [5, 5.41) is 6.91. The molecule has 1 saturated heterocycles. The van der Waals surface area contributed by atoms with Gasteiger partial charge in [0.2, 0.25) is 0 Å². The number of methoxy groups -OCH3 is 1. The van der Waals surface area contributed by atoms with Crippen LogP contribution in [0.3, 0.4) is 0 Å². The summed E-state index contributed by atoms with van der Waals surface area (Å²) in [7, 11) is 1.68. The molecule has 0 unspecified atom stereocenters. The molecule has 2 amide bonds. The number of rotatable bonds is 6. The number of aryl methyl sites for hydroxylation is 1. The molecule has 2 heterocycles. The molecule has 6 heteroatoms. The summed E-state index contributed by atoms with van der Waals surface area (Å²) in [6.07, 6.45) is 4.39. The molecule has 0 saturated carbocycles. The number of urea groups is 1. The fraction of sp³-hybridized carbons (Fsp3) is 0.308. The fourth-order valence-corrected chi connectivity index (χ4v) is 4.05. The lowest BCUT2D eigenvalue weighted by molar-refractivity contribution is 0.240. The van der Waals surface area contributed by atoms with Gasteiger partial charge in [0.05, 0.1) is 18.3 Å². The van der Waals surface area contributed by atoms with E-state index in [0.717, 1.165) is 60.5 Å². The Kier molecular flexibility index (Phi) is 7.02. The van der Waals surface area contributed by atoms with Crippen LogP contribution in [0.1, 0.15) is 24.1 Å². The minimum atomic E-state index is -0.183. The van der Waals surface area contributed by atoms with Gasteiger partial charge in [-0.1, -0.05) is 42.0 Å². The van der Waals surface area contributed by atoms with Gasteiger partial charge in [-0.15, -0.1) is 0 Å². The van der Waals surface area contributed by atoms with E-state index in [4.69, 9.17) is 4.74 Å². The second kappa shape index (κ2) is 10.3. The SMILES string of the molecule is COc1ccc(C=C2CCN(CCNC(=O)Nc3cc(C)nc4ccccc34)CC2)cc1. The van der Waals surface area contributed by atoms with E-state index in [0.29, 0.717) is 6.54 Å². The van der Waals surface area contributed by atoms with Gasteiger partial charge < -0.3 is 20.3 Å². The first-order chi connectivity index (χ1) is 15.6. The zero-order valence-corrected chi connectivity index (χ0v) is 18.7. The number of piperidine rings is 1. The van der Waals surface area contributed by atoms with Gasteiger partial charge in [-0.05, 0) is 49.6 Å². The van der Waals surface area contributed by atoms with Gasteiger partial charge in [0.15, 0.2) is 0 Å². The highest BCUT2D eigenvalue weighted by molar-refractivity contribution is 6.00. The molecule has 6 nitrogen and oxygen atoms in total. The summed E-state index contributed by atoms with van der Waals surface area (Å²) in [5.41, 5.74) is 5.24. The number of nitrogens with zero attached hydrogens (tertiary/aromatic N) is 2. The van der Waals surface area contributed by atoms with Gasteiger partial charge in [0.25, 0.3) is 0 Å². The number of benzene rings is 2. The number of hydrogen-bond acceptors (Lipinski definition) is 4. The topological polar surface area (TPSA) is 66.5 Å². The summed E-state index contributed by atoms with van der Waals surface area (Å²) >= 11 is 0. The molecule has 0 radical (unpaired) electrons. The highest BCUT2D eigenvalue weighted by Gasteiger charge is 2.14. The number of amides is 2. The fourth-order valence-electron chi connectivity index (χ4n) is 4.05. The maximum atomic E-state index is 12.4. The van der Waals surface area contributed by atoms with Crippen LogP contribution < -0.4 is 15.4 Å². The van der Waals surface area contributed by atoms with Crippen LogP contribution in [0.2, 0.25) is 0 Å². The molecular formula is C26H30N4O2. The lowest BCUT2D eigenvalue weighted by atomic mass is 10.0. The minimum absolute atomic E-state index is 0.183. The van der Waals surface area contributed by atoms with Crippen molar-refractivity contribution in [3.63, 3.8) is 0 Å². The molecule has 1 fully saturated rings. The van der Waals surface area contributed by atoms with Crippen molar-refractivity contribution in [2.75, 3.05) is 38.6 Å². The summed E-state index contributed by atoms with van der Waals surface area (Å²) in [6.45, 7) is 5.42. The number of para-hydroxylation sites is 1. The van der Waals surface area contributed by atoms with Crippen molar-refractivity contribution < 1.29 is 9.53 Å². The third-order valence-electron chi connectivity index (χ3n) is 5.79. The Bertz CT molecular complexity index is 1100. The number of carbonyl (C=O) groups is 1. The van der Waals surface area contributed by atoms with Crippen molar-refractivity contribution in [3.8, 4) is 5.75 Å². The first-order valence-electron chi connectivity index (χ1n) is 11.1. The summed E-state index contributed by atoms with van der Waals surface area (Å²) in [4.78, 5) is 19.3. The van der Waals surface area contributed by atoms with Gasteiger partial charge in [0, 0.05) is 37.3 Å². The van der Waals surface area contributed by atoms with E-state index in [1.807, 2.05) is 49.4 Å². The second-order valence-corrected chi connectivity index (χ2v) is 8.13. The number of ether oxygens (including phenoxy) is 1. The molecule has 0 aliphatic carbocycles. The van der Waals surface area contributed by atoms with E-state index in [1.165, 1.54) is 11.1 Å². The minimum Gasteiger partial charge on any atom is -0.497 e. The first-order valence-corrected chi connectivity index (χ1v) is 11.1. The van der Waals surface area contributed by atoms with E-state index in [2.05, 4.69) is 38.7 Å². The largest absolute Gasteiger partial charge is 0.497 e. The van der Waals surface area contributed by atoms with E-state index >= 15 is 0 Å². The average molecular weight is 431 g/mol. The zero-order chi connectivity index (χ0) is 22.3. The Balaban J connectivity index is 1.23. The average Bonchev–Trinajstić information content (AvgIpc) is 2.80. The summed E-state index contributed by atoms with van der Waals surface area (Å²) in [6, 6.07) is 17.7. The first kappa shape index (κ1) is 21.8. The summed E-state index contributed by atoms with van der Waals surface area (Å²) in [5.74, 6) is 0.880. The third-order valence-corrected chi connectivity index (χ3v) is 5.79. The highest BCUT2D eigenvalue weighted by Crippen LogP contribution is 2.23. The monoisotopic (exact) mass is 430 g/mol. The van der Waals surface area contributed by atoms with Crippen molar-refractivity contribution in [3.05, 3.63) is 71.4 Å². The molecule has 0 bridgehead atoms. The quantitative estimate of drug-likeness (QED) is 0.587. The van der Waals surface area contributed by atoms with Crippen molar-refractivity contribution in [1.29, 1.82) is 0 Å². The van der Waals surface area contributed by atoms with Crippen LogP contribution in [0.25, 0.3) is 17.0 Å². The molecule has 3 aromatic rings. The predicted molar refractivity (Wildman–Crippen MR) is 130 cm³/mol. The lowest BCUT2D eigenvalue weighted by Crippen LogP contribution is -2.39. The Morgan fingerprint density at radius 1 is 1.12 bits per heavy atom. The van der Waals surface area contributed by atoms with Crippen LogP contribution in [-0.2, 0) is 0 Å². The van der Waals surface area contributed by atoms with Gasteiger partial charge in [-0.2, -0.15) is 0 Å². The number of likely N-dealkylation sites (tertiary alicyclic amines) is 1. The number of aromatic nitrogens is 1. The van der Waals surface area contributed by atoms with Crippen LogP contribution >= 0.6 is 0 Å². The molecular weight excluding hydrogens is 400 g/mol. The number of hydrogen-bond donors (Lipinski definition) is 2. The third kappa shape index (κ3) is 5.65. The van der Waals surface area contributed by atoms with Gasteiger partial charge in [0.1, 0.15) is 5.75 Å². The molecule has 32 heavy (non-hydrogen) atoms. The number of anilines is 1. The number of carbonyl (C=O) groups excluding carboxylic acids is 1. The van der Waals surface area contributed by atoms with E-state index < -0.39 is 0 Å². The molecule has 0 atom stereocenters. The molecule has 2 aromatic carbocycles. The van der Waals surface area contributed by atoms with Gasteiger partial charge in [-0.25, -0.2) is 4.79 Å². The Morgan fingerprint density at radius 2 is 1.88 bits per heavy atom. The molecule has 1 aliphatic rings. The van der Waals surface area contributed by atoms with E-state index in [1.54, 1.807) is 7.11 Å². The Labute approximate surface area is 189 Å². The van der Waals surface area contributed by atoms with Crippen LogP contribution in [0, 0.1) is 6.92 Å². The second-order valence-electron chi connectivity index (χ2n) is 8.13. The highest BCUT2D eigenvalue weighted by atomic mass is 16.5. The molecule has 1 aliphatic heterocycles. The smallest absolute Gasteiger partial charge is 0.319 e. The normalized spacial score (nSPS) is 14.2. The Hall–Kier alpha value is -3.38. The van der Waals surface area contributed by atoms with Crippen LogP contribution in [0.4, 0.5) is 10.5 Å². The molecule has 166 valence electrons. The van der Waals surface area contributed by atoms with Gasteiger partial charge in [-0.3, -0.25) is 4.98 Å². The van der Waals surface area contributed by atoms with E-state index in [-0.39, 0.29) is 6.03 Å². The number of pyridine rings is 1. The van der Waals surface area contributed by atoms with Crippen molar-refractivity contribution in [1.82, 2.24) is 15.2 Å².